The number of hydrogen-bond acceptors (Lipinski definition) is 5. The number of nitrogen functional groups attached to an aromatic ring is 2. The van der Waals surface area contributed by atoms with Gasteiger partial charge in [0, 0.05) is 9.79 Å². The molecule has 0 aliphatic carbocycles. The van der Waals surface area contributed by atoms with Crippen molar-refractivity contribution in [2.75, 3.05) is 31.2 Å². The Labute approximate surface area is 154 Å². The van der Waals surface area contributed by atoms with Crippen LogP contribution in [-0.2, 0) is 0 Å². The minimum Gasteiger partial charge on any atom is -0.494 e. The second-order valence-electron chi connectivity index (χ2n) is 6.57. The smallest absolute Gasteiger partial charge is 0.119 e. The van der Waals surface area contributed by atoms with E-state index in [9.17, 15) is 0 Å². The zero-order valence-electron chi connectivity index (χ0n) is 14.5. The van der Waals surface area contributed by atoms with Gasteiger partial charge in [-0.25, -0.2) is 0 Å². The van der Waals surface area contributed by atoms with E-state index in [4.69, 9.17) is 16.2 Å². The third-order valence-corrected chi connectivity index (χ3v) is 5.54. The lowest BCUT2D eigenvalue weighted by Gasteiger charge is -2.22. The summed E-state index contributed by atoms with van der Waals surface area (Å²) in [7, 11) is 0. The zero-order chi connectivity index (χ0) is 17.5. The molecule has 0 amide bonds. The molecule has 0 spiro atoms. The van der Waals surface area contributed by atoms with Crippen molar-refractivity contribution < 1.29 is 4.74 Å². The second-order valence-corrected chi connectivity index (χ2v) is 7.71. The third kappa shape index (κ3) is 5.58. The Morgan fingerprint density at radius 1 is 1.04 bits per heavy atom. The SMILES string of the molecule is Nc1ccc(Sc2ccc(OCCCC3CCCNC3)cc2)cc1N. The highest BCUT2D eigenvalue weighted by Gasteiger charge is 2.12. The van der Waals surface area contributed by atoms with Gasteiger partial charge in [-0.3, -0.25) is 0 Å². The Morgan fingerprint density at radius 3 is 2.56 bits per heavy atom. The first-order valence-electron chi connectivity index (χ1n) is 8.97. The molecule has 3 rings (SSSR count). The Kier molecular flexibility index (Phi) is 6.48. The van der Waals surface area contributed by atoms with Crippen LogP contribution in [0.4, 0.5) is 11.4 Å². The standard InChI is InChI=1S/C20H27N3OS/c21-19-10-9-18(13-20(19)22)25-17-7-5-16(6-8-17)24-12-2-4-15-3-1-11-23-14-15/h5-10,13,15,23H,1-4,11-12,14,21-22H2. The van der Waals surface area contributed by atoms with E-state index in [1.165, 1.54) is 32.4 Å². The molecule has 1 fully saturated rings. The minimum absolute atomic E-state index is 0.622. The predicted molar refractivity (Wildman–Crippen MR) is 106 cm³/mol. The molecule has 0 saturated carbocycles. The zero-order valence-corrected chi connectivity index (χ0v) is 15.4. The van der Waals surface area contributed by atoms with E-state index in [1.54, 1.807) is 11.8 Å². The molecule has 1 unspecified atom stereocenters. The molecular weight excluding hydrogens is 330 g/mol. The summed E-state index contributed by atoms with van der Waals surface area (Å²) in [5, 5.41) is 3.47. The fourth-order valence-corrected chi connectivity index (χ4v) is 3.96. The summed E-state index contributed by atoms with van der Waals surface area (Å²) < 4.78 is 5.87. The van der Waals surface area contributed by atoms with Gasteiger partial charge in [-0.15, -0.1) is 0 Å². The van der Waals surface area contributed by atoms with Gasteiger partial charge in [0.1, 0.15) is 5.75 Å². The average Bonchev–Trinajstić information content (AvgIpc) is 2.64. The molecule has 4 nitrogen and oxygen atoms in total. The van der Waals surface area contributed by atoms with E-state index in [0.29, 0.717) is 11.4 Å². The van der Waals surface area contributed by atoms with Crippen molar-refractivity contribution in [1.29, 1.82) is 0 Å². The van der Waals surface area contributed by atoms with Crippen molar-refractivity contribution in [3.63, 3.8) is 0 Å². The quantitative estimate of drug-likeness (QED) is 0.512. The summed E-state index contributed by atoms with van der Waals surface area (Å²) in [6.07, 6.45) is 5.03. The van der Waals surface area contributed by atoms with Gasteiger partial charge in [-0.2, -0.15) is 0 Å². The van der Waals surface area contributed by atoms with Gasteiger partial charge >= 0.3 is 0 Å². The van der Waals surface area contributed by atoms with E-state index >= 15 is 0 Å². The Morgan fingerprint density at radius 2 is 1.84 bits per heavy atom. The van der Waals surface area contributed by atoms with Gasteiger partial charge in [0.2, 0.25) is 0 Å². The molecule has 2 aromatic carbocycles. The topological polar surface area (TPSA) is 73.3 Å². The average molecular weight is 358 g/mol. The molecule has 1 heterocycles. The van der Waals surface area contributed by atoms with Crippen LogP contribution in [0, 0.1) is 5.92 Å². The molecule has 1 atom stereocenters. The summed E-state index contributed by atoms with van der Waals surface area (Å²) in [6, 6.07) is 14.0. The Hall–Kier alpha value is -1.85. The number of nitrogens with one attached hydrogen (secondary N) is 1. The van der Waals surface area contributed by atoms with Crippen LogP contribution < -0.4 is 21.5 Å². The molecule has 1 aliphatic rings. The van der Waals surface area contributed by atoms with Gasteiger partial charge in [0.15, 0.2) is 0 Å². The highest BCUT2D eigenvalue weighted by atomic mass is 32.2. The summed E-state index contributed by atoms with van der Waals surface area (Å²) >= 11 is 1.67. The third-order valence-electron chi connectivity index (χ3n) is 4.54. The van der Waals surface area contributed by atoms with Crippen LogP contribution in [0.3, 0.4) is 0 Å². The number of nitrogens with two attached hydrogens (primary N) is 2. The van der Waals surface area contributed by atoms with E-state index in [2.05, 4.69) is 17.4 Å². The Balaban J connectivity index is 1.42. The molecule has 1 saturated heterocycles. The van der Waals surface area contributed by atoms with Crippen molar-refractivity contribution in [2.45, 2.75) is 35.5 Å². The van der Waals surface area contributed by atoms with Gasteiger partial charge in [-0.1, -0.05) is 11.8 Å². The van der Waals surface area contributed by atoms with Crippen molar-refractivity contribution in [2.24, 2.45) is 5.92 Å². The molecular formula is C20H27N3OS. The maximum Gasteiger partial charge on any atom is 0.119 e. The summed E-state index contributed by atoms with van der Waals surface area (Å²) in [5.74, 6) is 1.76. The first-order chi connectivity index (χ1) is 12.2. The largest absolute Gasteiger partial charge is 0.494 e. The highest BCUT2D eigenvalue weighted by Crippen LogP contribution is 2.31. The van der Waals surface area contributed by atoms with Gasteiger partial charge < -0.3 is 21.5 Å². The number of hydrogen-bond donors (Lipinski definition) is 3. The molecule has 134 valence electrons. The van der Waals surface area contributed by atoms with Crippen LogP contribution in [0.2, 0.25) is 0 Å². The molecule has 1 aliphatic heterocycles. The van der Waals surface area contributed by atoms with Crippen LogP contribution >= 0.6 is 11.8 Å². The lowest BCUT2D eigenvalue weighted by Crippen LogP contribution is -2.29. The van der Waals surface area contributed by atoms with Crippen LogP contribution in [0.5, 0.6) is 5.75 Å². The monoisotopic (exact) mass is 357 g/mol. The summed E-state index contributed by atoms with van der Waals surface area (Å²) in [4.78, 5) is 2.24. The first kappa shape index (κ1) is 18.0. The molecule has 0 radical (unpaired) electrons. The van der Waals surface area contributed by atoms with E-state index in [-0.39, 0.29) is 0 Å². The van der Waals surface area contributed by atoms with Crippen molar-refractivity contribution in [1.82, 2.24) is 5.32 Å². The van der Waals surface area contributed by atoms with E-state index < -0.39 is 0 Å². The maximum absolute atomic E-state index is 5.87. The highest BCUT2D eigenvalue weighted by molar-refractivity contribution is 7.99. The second kappa shape index (κ2) is 9.02. The summed E-state index contributed by atoms with van der Waals surface area (Å²) in [5.41, 5.74) is 12.9. The molecule has 0 aromatic heterocycles. The van der Waals surface area contributed by atoms with Crippen molar-refractivity contribution >= 4 is 23.1 Å². The predicted octanol–water partition coefficient (Wildman–Crippen LogP) is 4.16. The maximum atomic E-state index is 5.87. The van der Waals surface area contributed by atoms with E-state index in [1.807, 2.05) is 30.3 Å². The number of piperidine rings is 1. The fraction of sp³-hybridized carbons (Fsp3) is 0.400. The number of ether oxygens (including phenoxy) is 1. The molecule has 25 heavy (non-hydrogen) atoms. The van der Waals surface area contributed by atoms with Gasteiger partial charge in [-0.05, 0) is 87.2 Å². The Bertz CT molecular complexity index is 669. The normalized spacial score (nSPS) is 17.4. The number of benzene rings is 2. The van der Waals surface area contributed by atoms with Crippen LogP contribution in [0.1, 0.15) is 25.7 Å². The molecule has 2 aromatic rings. The van der Waals surface area contributed by atoms with E-state index in [0.717, 1.165) is 34.5 Å². The molecule has 0 bridgehead atoms. The lowest BCUT2D eigenvalue weighted by atomic mass is 9.95. The first-order valence-corrected chi connectivity index (χ1v) is 9.79. The fourth-order valence-electron chi connectivity index (χ4n) is 3.09. The molecule has 5 heteroatoms. The summed E-state index contributed by atoms with van der Waals surface area (Å²) in [6.45, 7) is 3.14. The van der Waals surface area contributed by atoms with Crippen LogP contribution in [0.15, 0.2) is 52.3 Å². The van der Waals surface area contributed by atoms with Crippen molar-refractivity contribution in [3.8, 4) is 5.75 Å². The molecule has 5 N–H and O–H groups in total. The van der Waals surface area contributed by atoms with Crippen LogP contribution in [0.25, 0.3) is 0 Å². The lowest BCUT2D eigenvalue weighted by molar-refractivity contribution is 0.275. The number of rotatable bonds is 7. The van der Waals surface area contributed by atoms with Gasteiger partial charge in [0.25, 0.3) is 0 Å². The number of anilines is 2. The van der Waals surface area contributed by atoms with Crippen molar-refractivity contribution in [3.05, 3.63) is 42.5 Å². The van der Waals surface area contributed by atoms with Crippen LogP contribution in [-0.4, -0.2) is 19.7 Å². The minimum atomic E-state index is 0.622. The van der Waals surface area contributed by atoms with Gasteiger partial charge in [0.05, 0.1) is 18.0 Å².